The zero-order valence-electron chi connectivity index (χ0n) is 11.5. The average Bonchev–Trinajstić information content (AvgIpc) is 2.92. The maximum absolute atomic E-state index is 3.56. The van der Waals surface area contributed by atoms with Crippen molar-refractivity contribution in [3.8, 4) is 0 Å². The first kappa shape index (κ1) is 12.2. The summed E-state index contributed by atoms with van der Waals surface area (Å²) in [4.78, 5) is 2.72. The third-order valence-corrected chi connectivity index (χ3v) is 4.88. The van der Waals surface area contributed by atoms with Gasteiger partial charge in [0.2, 0.25) is 0 Å². The molecule has 98 valence electrons. The van der Waals surface area contributed by atoms with Gasteiger partial charge in [-0.3, -0.25) is 4.90 Å². The summed E-state index contributed by atoms with van der Waals surface area (Å²) < 4.78 is 0. The van der Waals surface area contributed by atoms with E-state index in [1.807, 2.05) is 0 Å². The summed E-state index contributed by atoms with van der Waals surface area (Å²) in [5.41, 5.74) is 2.94. The SMILES string of the molecule is CCC1C2CNCC2CN1Cc1ccccc1C. The van der Waals surface area contributed by atoms with Crippen LogP contribution < -0.4 is 5.32 Å². The van der Waals surface area contributed by atoms with Crippen LogP contribution in [0.4, 0.5) is 0 Å². The van der Waals surface area contributed by atoms with Crippen LogP contribution in [0.2, 0.25) is 0 Å². The van der Waals surface area contributed by atoms with Gasteiger partial charge in [-0.25, -0.2) is 0 Å². The van der Waals surface area contributed by atoms with Crippen molar-refractivity contribution in [3.05, 3.63) is 35.4 Å². The summed E-state index contributed by atoms with van der Waals surface area (Å²) in [6, 6.07) is 9.61. The molecule has 2 fully saturated rings. The molecule has 1 aromatic rings. The lowest BCUT2D eigenvalue weighted by atomic mass is 9.93. The molecule has 0 bridgehead atoms. The monoisotopic (exact) mass is 244 g/mol. The molecular weight excluding hydrogens is 220 g/mol. The molecule has 3 unspecified atom stereocenters. The van der Waals surface area contributed by atoms with E-state index in [9.17, 15) is 0 Å². The average molecular weight is 244 g/mol. The fraction of sp³-hybridized carbons (Fsp3) is 0.625. The number of hydrogen-bond donors (Lipinski definition) is 1. The van der Waals surface area contributed by atoms with Crippen molar-refractivity contribution in [2.24, 2.45) is 11.8 Å². The Morgan fingerprint density at radius 1 is 1.28 bits per heavy atom. The van der Waals surface area contributed by atoms with Gasteiger partial charge in [0.1, 0.15) is 0 Å². The minimum absolute atomic E-state index is 0.782. The van der Waals surface area contributed by atoms with Crippen LogP contribution in [-0.4, -0.2) is 30.6 Å². The van der Waals surface area contributed by atoms with E-state index in [2.05, 4.69) is 48.3 Å². The molecule has 18 heavy (non-hydrogen) atoms. The van der Waals surface area contributed by atoms with Gasteiger partial charge in [-0.05, 0) is 49.4 Å². The van der Waals surface area contributed by atoms with Crippen LogP contribution in [0.1, 0.15) is 24.5 Å². The van der Waals surface area contributed by atoms with Gasteiger partial charge < -0.3 is 5.32 Å². The third-order valence-electron chi connectivity index (χ3n) is 4.88. The van der Waals surface area contributed by atoms with Crippen LogP contribution in [0.25, 0.3) is 0 Å². The van der Waals surface area contributed by atoms with E-state index >= 15 is 0 Å². The Balaban J connectivity index is 1.75. The maximum Gasteiger partial charge on any atom is 0.0239 e. The Labute approximate surface area is 110 Å². The molecule has 3 atom stereocenters. The van der Waals surface area contributed by atoms with Crippen molar-refractivity contribution >= 4 is 0 Å². The van der Waals surface area contributed by atoms with Gasteiger partial charge in [0, 0.05) is 19.1 Å². The van der Waals surface area contributed by atoms with Crippen LogP contribution in [0.5, 0.6) is 0 Å². The minimum Gasteiger partial charge on any atom is -0.316 e. The molecule has 0 radical (unpaired) electrons. The summed E-state index contributed by atoms with van der Waals surface area (Å²) in [6.45, 7) is 9.45. The number of nitrogens with one attached hydrogen (secondary N) is 1. The van der Waals surface area contributed by atoms with Gasteiger partial charge in [-0.15, -0.1) is 0 Å². The highest BCUT2D eigenvalue weighted by Crippen LogP contribution is 2.35. The van der Waals surface area contributed by atoms with E-state index < -0.39 is 0 Å². The predicted octanol–water partition coefficient (Wildman–Crippen LogP) is 2.42. The molecule has 2 aliphatic rings. The Hall–Kier alpha value is -0.860. The van der Waals surface area contributed by atoms with Crippen molar-refractivity contribution in [3.63, 3.8) is 0 Å². The lowest BCUT2D eigenvalue weighted by molar-refractivity contribution is 0.210. The van der Waals surface area contributed by atoms with Crippen LogP contribution >= 0.6 is 0 Å². The first-order valence-electron chi connectivity index (χ1n) is 7.29. The molecule has 2 saturated heterocycles. The highest BCUT2D eigenvalue weighted by molar-refractivity contribution is 5.25. The van der Waals surface area contributed by atoms with Crippen molar-refractivity contribution in [2.75, 3.05) is 19.6 Å². The van der Waals surface area contributed by atoms with Crippen molar-refractivity contribution in [1.29, 1.82) is 0 Å². The third kappa shape index (κ3) is 2.08. The molecule has 2 aliphatic heterocycles. The second kappa shape index (κ2) is 5.02. The number of benzene rings is 1. The summed E-state index contributed by atoms with van der Waals surface area (Å²) in [7, 11) is 0. The quantitative estimate of drug-likeness (QED) is 0.878. The highest BCUT2D eigenvalue weighted by Gasteiger charge is 2.42. The molecular formula is C16H24N2. The van der Waals surface area contributed by atoms with Gasteiger partial charge in [-0.2, -0.15) is 0 Å². The molecule has 2 heteroatoms. The van der Waals surface area contributed by atoms with Crippen LogP contribution in [0.3, 0.4) is 0 Å². The molecule has 1 aromatic carbocycles. The number of hydrogen-bond acceptors (Lipinski definition) is 2. The zero-order valence-corrected chi connectivity index (χ0v) is 11.5. The summed E-state index contributed by atoms with van der Waals surface area (Å²) in [6.07, 6.45) is 1.29. The normalized spacial score (nSPS) is 31.8. The molecule has 0 aromatic heterocycles. The van der Waals surface area contributed by atoms with Crippen molar-refractivity contribution in [1.82, 2.24) is 10.2 Å². The standard InChI is InChI=1S/C16H24N2/c1-3-16-15-9-17-8-14(15)11-18(16)10-13-7-5-4-6-12(13)2/h4-7,14-17H,3,8-11H2,1-2H3. The number of nitrogens with zero attached hydrogens (tertiary/aromatic N) is 1. The van der Waals surface area contributed by atoms with Crippen molar-refractivity contribution in [2.45, 2.75) is 32.9 Å². The Morgan fingerprint density at radius 2 is 2.11 bits per heavy atom. The highest BCUT2D eigenvalue weighted by atomic mass is 15.2. The first-order valence-corrected chi connectivity index (χ1v) is 7.29. The molecule has 2 nitrogen and oxygen atoms in total. The van der Waals surface area contributed by atoms with E-state index in [1.54, 1.807) is 0 Å². The second-order valence-electron chi connectivity index (χ2n) is 5.91. The number of aryl methyl sites for hydroxylation is 1. The fourth-order valence-electron chi connectivity index (χ4n) is 3.86. The topological polar surface area (TPSA) is 15.3 Å². The summed E-state index contributed by atoms with van der Waals surface area (Å²) >= 11 is 0. The Kier molecular flexibility index (Phi) is 3.40. The smallest absolute Gasteiger partial charge is 0.0239 e. The van der Waals surface area contributed by atoms with Gasteiger partial charge in [0.25, 0.3) is 0 Å². The van der Waals surface area contributed by atoms with Crippen LogP contribution in [0.15, 0.2) is 24.3 Å². The molecule has 0 spiro atoms. The molecule has 0 aliphatic carbocycles. The molecule has 1 N–H and O–H groups in total. The van der Waals surface area contributed by atoms with E-state index in [1.165, 1.54) is 37.2 Å². The summed E-state index contributed by atoms with van der Waals surface area (Å²) in [5.74, 6) is 1.78. The predicted molar refractivity (Wildman–Crippen MR) is 75.5 cm³/mol. The lowest BCUT2D eigenvalue weighted by Gasteiger charge is -2.27. The Bertz CT molecular complexity index is 415. The van der Waals surface area contributed by atoms with E-state index in [4.69, 9.17) is 0 Å². The lowest BCUT2D eigenvalue weighted by Crippen LogP contribution is -2.34. The van der Waals surface area contributed by atoms with Gasteiger partial charge in [-0.1, -0.05) is 31.2 Å². The fourth-order valence-corrected chi connectivity index (χ4v) is 3.86. The van der Waals surface area contributed by atoms with Gasteiger partial charge in [0.15, 0.2) is 0 Å². The van der Waals surface area contributed by atoms with Crippen molar-refractivity contribution < 1.29 is 0 Å². The Morgan fingerprint density at radius 3 is 2.89 bits per heavy atom. The first-order chi connectivity index (χ1) is 8.79. The molecule has 2 heterocycles. The number of likely N-dealkylation sites (tertiary alicyclic amines) is 1. The number of rotatable bonds is 3. The zero-order chi connectivity index (χ0) is 12.5. The minimum atomic E-state index is 0.782. The number of fused-ring (bicyclic) bond motifs is 1. The molecule has 0 amide bonds. The summed E-state index contributed by atoms with van der Waals surface area (Å²) in [5, 5.41) is 3.56. The second-order valence-corrected chi connectivity index (χ2v) is 5.91. The van der Waals surface area contributed by atoms with Gasteiger partial charge >= 0.3 is 0 Å². The van der Waals surface area contributed by atoms with Gasteiger partial charge in [0.05, 0.1) is 0 Å². The van der Waals surface area contributed by atoms with E-state index in [-0.39, 0.29) is 0 Å². The maximum atomic E-state index is 3.56. The largest absolute Gasteiger partial charge is 0.316 e. The van der Waals surface area contributed by atoms with E-state index in [0.717, 1.165) is 24.4 Å². The van der Waals surface area contributed by atoms with E-state index in [0.29, 0.717) is 0 Å². The molecule has 3 rings (SSSR count). The van der Waals surface area contributed by atoms with Crippen LogP contribution in [0, 0.1) is 18.8 Å². The van der Waals surface area contributed by atoms with Crippen LogP contribution in [-0.2, 0) is 6.54 Å². The molecule has 0 saturated carbocycles.